The minimum absolute atomic E-state index is 0.517. The Morgan fingerprint density at radius 3 is 0.564 bits per heavy atom. The number of hydrogen-bond donors (Lipinski definition) is 0. The van der Waals surface area contributed by atoms with Gasteiger partial charge in [0.25, 0.3) is 0 Å². The fourth-order valence-corrected chi connectivity index (χ4v) is 62.5. The maximum absolute atomic E-state index is 8.71. The lowest BCUT2D eigenvalue weighted by atomic mass is 10.3. The fourth-order valence-electron chi connectivity index (χ4n) is 11.9. The topological polar surface area (TPSA) is 138 Å². The van der Waals surface area contributed by atoms with E-state index in [4.69, 9.17) is 63.6 Å². The van der Waals surface area contributed by atoms with E-state index in [0.717, 1.165) is 15.6 Å². The Kier molecular flexibility index (Phi) is 18.5. The van der Waals surface area contributed by atoms with Crippen molar-refractivity contribution >= 4 is 138 Å². The molecule has 15 nitrogen and oxygen atoms in total. The molecule has 0 unspecified atom stereocenters. The van der Waals surface area contributed by atoms with Gasteiger partial charge >= 0.3 is 61.6 Å². The van der Waals surface area contributed by atoms with E-state index in [1.54, 1.807) is 21.3 Å². The van der Waals surface area contributed by atoms with Crippen molar-refractivity contribution in [1.82, 2.24) is 0 Å². The molecular weight excluding hydrogens is 1350 g/mol. The van der Waals surface area contributed by atoms with Gasteiger partial charge in [0.2, 0.25) is 25.0 Å². The summed E-state index contributed by atoms with van der Waals surface area (Å²) in [5.74, 6) is 2.05. The van der Waals surface area contributed by atoms with Crippen LogP contribution in [0.25, 0.3) is 0 Å². The molecule has 0 radical (unpaired) electrons. The highest BCUT2D eigenvalue weighted by atomic mass is 28.6. The van der Waals surface area contributed by atoms with Crippen molar-refractivity contribution < 1.29 is 63.6 Å². The fraction of sp³-hybridized carbons (Fsp3) is 0.130. The molecule has 3 fully saturated rings. The Balaban J connectivity index is 1.24. The van der Waals surface area contributed by atoms with E-state index in [1.165, 1.54) is 0 Å². The van der Waals surface area contributed by atoms with Crippen LogP contribution in [0.1, 0.15) is 0 Å². The van der Waals surface area contributed by atoms with Crippen LogP contribution >= 0.6 is 0 Å². The Morgan fingerprint density at radius 2 is 0.383 bits per heavy atom. The Morgan fingerprint density at radius 1 is 0.213 bits per heavy atom. The molecule has 480 valence electrons. The molecule has 0 amide bonds. The summed E-state index contributed by atoms with van der Waals surface area (Å²) < 4.78 is 120. The van der Waals surface area contributed by atoms with Crippen LogP contribution < -0.4 is 66.1 Å². The van der Waals surface area contributed by atoms with Crippen LogP contribution in [0.15, 0.2) is 285 Å². The monoisotopic (exact) mass is 1420 g/mol. The molecule has 0 N–H and O–H groups in total. The molecule has 0 aromatic heterocycles. The van der Waals surface area contributed by atoms with Crippen molar-refractivity contribution in [1.29, 1.82) is 0 Å². The quantitative estimate of drug-likeness (QED) is 0.0738. The standard InChI is InChI=1S/C69H74O15Si10/c1-70-57-45-51-60(52-46-57)85(4,5)73-88(63-31-17-10-18-32-63)76-91(66-37-23-13-24-38-66)78-89(64-33-19-11-20-34-64,74-86(6,7)61-53-47-58(71-2)48-54-61)80-93(68-41-27-15-28-42-68)81-90(65-35-21-12-22-36-65,75-87(8,9)62-55-49-59(72-3)50-56-62)79-92(77-88,67-39-25-14-26-40-67)83-94(82-91,84-93)69-43-29-16-30-44-69/h10-56H,1-9H3. The van der Waals surface area contributed by atoms with E-state index in [2.05, 4.69) is 39.3 Å². The van der Waals surface area contributed by atoms with E-state index in [0.29, 0.717) is 53.6 Å². The zero-order chi connectivity index (χ0) is 65.3. The summed E-state index contributed by atoms with van der Waals surface area (Å²) in [4.78, 5) is 0. The molecule has 4 bridgehead atoms. The van der Waals surface area contributed by atoms with Gasteiger partial charge in [-0.2, -0.15) is 0 Å². The van der Waals surface area contributed by atoms with Crippen LogP contribution in [-0.4, -0.2) is 108 Å². The summed E-state index contributed by atoms with van der Waals surface area (Å²) in [7, 11) is -41.1. The maximum Gasteiger partial charge on any atom is 0.515 e. The minimum Gasteiger partial charge on any atom is -0.497 e. The molecule has 0 spiro atoms. The molecule has 3 aliphatic rings. The molecule has 0 atom stereocenters. The molecule has 94 heavy (non-hydrogen) atoms. The van der Waals surface area contributed by atoms with Crippen LogP contribution in [0.3, 0.4) is 0 Å². The Labute approximate surface area is 561 Å². The number of hydrogen-bond acceptors (Lipinski definition) is 15. The molecule has 0 saturated carbocycles. The van der Waals surface area contributed by atoms with E-state index in [1.807, 2.05) is 285 Å². The van der Waals surface area contributed by atoms with E-state index >= 15 is 0 Å². The van der Waals surface area contributed by atoms with Gasteiger partial charge in [0.15, 0.2) is 0 Å². The highest BCUT2D eigenvalue weighted by Crippen LogP contribution is 2.45. The number of rotatable bonds is 19. The van der Waals surface area contributed by atoms with Gasteiger partial charge in [-0.25, -0.2) is 0 Å². The van der Waals surface area contributed by atoms with Gasteiger partial charge in [0.1, 0.15) is 17.2 Å². The van der Waals surface area contributed by atoms with Crippen molar-refractivity contribution in [3.63, 3.8) is 0 Å². The van der Waals surface area contributed by atoms with Gasteiger partial charge in [0, 0.05) is 36.3 Å². The molecule has 3 aliphatic heterocycles. The van der Waals surface area contributed by atoms with Crippen molar-refractivity contribution in [2.45, 2.75) is 39.3 Å². The molecule has 10 aromatic carbocycles. The summed E-state index contributed by atoms with van der Waals surface area (Å²) in [5, 5.41) is 6.48. The molecule has 10 aromatic rings. The number of methoxy groups -OCH3 is 3. The highest BCUT2D eigenvalue weighted by Gasteiger charge is 2.81. The SMILES string of the molecule is COc1ccc([Si](C)(C)O[Si]2(c3ccccc3)O[Si]3(c4ccccc4)O[Si](O[Si](C)(C)c4ccc(OC)cc4)(c4ccccc4)O[Si]4(c5ccccc5)O[Si](O[Si](C)(C)c5ccc(OC)cc5)(c5ccccc5)O[Si](c5ccccc5)(O2)O[Si](c2ccccc2)(O3)O4)cc1. The molecule has 13 rings (SSSR count). The van der Waals surface area contributed by atoms with Crippen molar-refractivity contribution in [2.24, 2.45) is 0 Å². The third kappa shape index (κ3) is 12.8. The largest absolute Gasteiger partial charge is 0.515 e. The van der Waals surface area contributed by atoms with Gasteiger partial charge in [-0.1, -0.05) is 249 Å². The van der Waals surface area contributed by atoms with Gasteiger partial charge in [-0.05, 0) is 91.2 Å². The minimum atomic E-state index is -5.15. The summed E-state index contributed by atoms with van der Waals surface area (Å²) in [6, 6.07) is 92.3. The first-order chi connectivity index (χ1) is 45.3. The molecular formula is C69H74O15Si10. The lowest BCUT2D eigenvalue weighted by molar-refractivity contribution is 0.0388. The van der Waals surface area contributed by atoms with E-state index < -0.39 is 86.6 Å². The predicted octanol–water partition coefficient (Wildman–Crippen LogP) is 7.51. The second kappa shape index (κ2) is 26.4. The summed E-state index contributed by atoms with van der Waals surface area (Å²) >= 11 is 0. The second-order valence-electron chi connectivity index (χ2n) is 24.4. The van der Waals surface area contributed by atoms with Gasteiger partial charge in [-0.15, -0.1) is 0 Å². The van der Waals surface area contributed by atoms with Crippen molar-refractivity contribution in [3.8, 4) is 17.2 Å². The lowest BCUT2D eigenvalue weighted by Gasteiger charge is -2.59. The van der Waals surface area contributed by atoms with Crippen molar-refractivity contribution in [2.75, 3.05) is 21.3 Å². The predicted molar refractivity (Wildman–Crippen MR) is 386 cm³/mol. The zero-order valence-corrected chi connectivity index (χ0v) is 63.8. The van der Waals surface area contributed by atoms with E-state index in [-0.39, 0.29) is 0 Å². The van der Waals surface area contributed by atoms with Crippen molar-refractivity contribution in [3.05, 3.63) is 285 Å². The van der Waals surface area contributed by atoms with Crippen LogP contribution in [0.4, 0.5) is 0 Å². The third-order valence-electron chi connectivity index (χ3n) is 16.8. The third-order valence-corrected chi connectivity index (χ3v) is 58.0. The summed E-state index contributed by atoms with van der Waals surface area (Å²) in [6.45, 7) is 12.8. The first-order valence-electron chi connectivity index (χ1n) is 31.1. The first-order valence-corrected chi connectivity index (χ1v) is 51.9. The summed E-state index contributed by atoms with van der Waals surface area (Å²) in [6.07, 6.45) is 0. The zero-order valence-electron chi connectivity index (χ0n) is 53.8. The average Bonchev–Trinajstić information content (AvgIpc) is 0.682. The molecule has 25 heteroatoms. The highest BCUT2D eigenvalue weighted by molar-refractivity contribution is 7.12. The maximum atomic E-state index is 8.71. The first kappa shape index (κ1) is 65.9. The number of ether oxygens (including phenoxy) is 3. The van der Waals surface area contributed by atoms with Crippen LogP contribution in [0.5, 0.6) is 17.2 Å². The second-order valence-corrected chi connectivity index (χ2v) is 56.8. The molecule has 0 aliphatic carbocycles. The Bertz CT molecular complexity index is 3750. The van der Waals surface area contributed by atoms with Gasteiger partial charge in [-0.3, -0.25) is 0 Å². The van der Waals surface area contributed by atoms with Crippen LogP contribution in [0, 0.1) is 0 Å². The normalized spacial score (nSPS) is 25.5. The smallest absolute Gasteiger partial charge is 0.497 e. The van der Waals surface area contributed by atoms with Crippen LogP contribution in [0.2, 0.25) is 39.3 Å². The lowest BCUT2D eigenvalue weighted by Crippen LogP contribution is -2.92. The molecule has 3 saturated heterocycles. The number of fused-ring (bicyclic) bond motifs is 3. The van der Waals surface area contributed by atoms with Gasteiger partial charge < -0.3 is 63.6 Å². The average molecular weight is 1420 g/mol. The number of benzene rings is 10. The van der Waals surface area contributed by atoms with E-state index in [9.17, 15) is 0 Å². The molecule has 3 heterocycles. The van der Waals surface area contributed by atoms with Gasteiger partial charge in [0.05, 0.1) is 21.3 Å². The summed E-state index contributed by atoms with van der Waals surface area (Å²) in [5.41, 5.74) is 0. The van der Waals surface area contributed by atoms with Crippen LogP contribution in [-0.2, 0) is 49.4 Å². The Hall–Kier alpha value is -6.71.